The van der Waals surface area contributed by atoms with Crippen molar-refractivity contribution in [2.45, 2.75) is 5.22 Å². The molecule has 0 radical (unpaired) electrons. The van der Waals surface area contributed by atoms with Gasteiger partial charge < -0.3 is 9.73 Å². The summed E-state index contributed by atoms with van der Waals surface area (Å²) in [5.41, 5.74) is 2.66. The highest BCUT2D eigenvalue weighted by molar-refractivity contribution is 9.10. The van der Waals surface area contributed by atoms with Crippen molar-refractivity contribution in [2.75, 3.05) is 11.1 Å². The van der Waals surface area contributed by atoms with Gasteiger partial charge in [-0.3, -0.25) is 4.79 Å². The number of rotatable bonds is 6. The van der Waals surface area contributed by atoms with Gasteiger partial charge in [-0.15, -0.1) is 0 Å². The molecule has 4 rings (SSSR count). The fourth-order valence-electron chi connectivity index (χ4n) is 2.70. The van der Waals surface area contributed by atoms with Crippen LogP contribution in [0.4, 0.5) is 5.82 Å². The van der Waals surface area contributed by atoms with Gasteiger partial charge in [-0.05, 0) is 28.1 Å². The zero-order valence-electron chi connectivity index (χ0n) is 15.2. The van der Waals surface area contributed by atoms with Crippen LogP contribution in [0.3, 0.4) is 0 Å². The van der Waals surface area contributed by atoms with Gasteiger partial charge in [0, 0.05) is 21.8 Å². The van der Waals surface area contributed by atoms with E-state index in [1.807, 2.05) is 66.7 Å². The standard InChI is InChI=1S/C22H16BrN3O2S/c23-17-11-12-18(24-13-17)25-19(27)14-29-22-26-20(15-7-3-1-4-8-15)21(28-22)16-9-5-2-6-10-16/h1-13H,14H2,(H,24,25,27). The van der Waals surface area contributed by atoms with Gasteiger partial charge in [-0.25, -0.2) is 9.97 Å². The smallest absolute Gasteiger partial charge is 0.257 e. The first-order chi connectivity index (χ1) is 14.2. The molecule has 29 heavy (non-hydrogen) atoms. The molecule has 0 spiro atoms. The molecule has 0 saturated carbocycles. The number of thioether (sulfide) groups is 1. The second-order valence-electron chi connectivity index (χ2n) is 6.09. The van der Waals surface area contributed by atoms with Gasteiger partial charge in [0.2, 0.25) is 5.91 Å². The number of oxazole rings is 1. The van der Waals surface area contributed by atoms with E-state index >= 15 is 0 Å². The third kappa shape index (κ3) is 4.93. The third-order valence-electron chi connectivity index (χ3n) is 4.01. The summed E-state index contributed by atoms with van der Waals surface area (Å²) < 4.78 is 6.87. The normalized spacial score (nSPS) is 10.7. The zero-order valence-corrected chi connectivity index (χ0v) is 17.6. The Hall–Kier alpha value is -2.90. The molecule has 0 unspecified atom stereocenters. The molecule has 7 heteroatoms. The van der Waals surface area contributed by atoms with Crippen LogP contribution in [0.2, 0.25) is 0 Å². The molecule has 0 bridgehead atoms. The minimum atomic E-state index is -0.175. The number of hydrogen-bond acceptors (Lipinski definition) is 5. The Bertz CT molecular complexity index is 1040. The van der Waals surface area contributed by atoms with Crippen LogP contribution in [0.25, 0.3) is 22.6 Å². The molecule has 0 aliphatic carbocycles. The average Bonchev–Trinajstić information content (AvgIpc) is 3.20. The molecular formula is C22H16BrN3O2S. The molecule has 1 N–H and O–H groups in total. The fourth-order valence-corrected chi connectivity index (χ4v) is 3.55. The minimum absolute atomic E-state index is 0.167. The number of carbonyl (C=O) groups excluding carboxylic acids is 1. The lowest BCUT2D eigenvalue weighted by Crippen LogP contribution is -2.14. The van der Waals surface area contributed by atoms with Crippen LogP contribution in [0.1, 0.15) is 0 Å². The van der Waals surface area contributed by atoms with E-state index < -0.39 is 0 Å². The van der Waals surface area contributed by atoms with Crippen molar-refractivity contribution < 1.29 is 9.21 Å². The van der Waals surface area contributed by atoms with Crippen molar-refractivity contribution in [3.05, 3.63) is 83.5 Å². The molecule has 0 fully saturated rings. The minimum Gasteiger partial charge on any atom is -0.431 e. The molecule has 5 nitrogen and oxygen atoms in total. The number of nitrogens with zero attached hydrogens (tertiary/aromatic N) is 2. The number of hydrogen-bond donors (Lipinski definition) is 1. The van der Waals surface area contributed by atoms with Crippen LogP contribution in [0.5, 0.6) is 0 Å². The van der Waals surface area contributed by atoms with Crippen molar-refractivity contribution in [2.24, 2.45) is 0 Å². The highest BCUT2D eigenvalue weighted by Crippen LogP contribution is 2.35. The van der Waals surface area contributed by atoms with E-state index in [1.54, 1.807) is 12.3 Å². The summed E-state index contributed by atoms with van der Waals surface area (Å²) in [6.07, 6.45) is 1.63. The highest BCUT2D eigenvalue weighted by atomic mass is 79.9. The van der Waals surface area contributed by atoms with E-state index in [0.717, 1.165) is 21.3 Å². The van der Waals surface area contributed by atoms with E-state index in [0.29, 0.717) is 16.8 Å². The highest BCUT2D eigenvalue weighted by Gasteiger charge is 2.18. The van der Waals surface area contributed by atoms with Crippen LogP contribution in [-0.2, 0) is 4.79 Å². The van der Waals surface area contributed by atoms with Crippen LogP contribution in [0.15, 0.2) is 93.1 Å². The van der Waals surface area contributed by atoms with Crippen LogP contribution < -0.4 is 5.32 Å². The largest absolute Gasteiger partial charge is 0.431 e. The number of pyridine rings is 1. The van der Waals surface area contributed by atoms with Crippen molar-refractivity contribution >= 4 is 39.4 Å². The Morgan fingerprint density at radius 2 is 1.66 bits per heavy atom. The maximum Gasteiger partial charge on any atom is 0.257 e. The Labute approximate surface area is 180 Å². The molecule has 2 aromatic heterocycles. The van der Waals surface area contributed by atoms with Crippen molar-refractivity contribution in [1.82, 2.24) is 9.97 Å². The summed E-state index contributed by atoms with van der Waals surface area (Å²) in [6, 6.07) is 23.3. The predicted molar refractivity (Wildman–Crippen MR) is 119 cm³/mol. The number of benzene rings is 2. The van der Waals surface area contributed by atoms with E-state index in [2.05, 4.69) is 31.2 Å². The van der Waals surface area contributed by atoms with Crippen molar-refractivity contribution in [3.8, 4) is 22.6 Å². The Morgan fingerprint density at radius 1 is 0.966 bits per heavy atom. The maximum atomic E-state index is 12.2. The van der Waals surface area contributed by atoms with Crippen LogP contribution >= 0.6 is 27.7 Å². The van der Waals surface area contributed by atoms with E-state index in [1.165, 1.54) is 11.8 Å². The average molecular weight is 466 g/mol. The van der Waals surface area contributed by atoms with Gasteiger partial charge in [0.15, 0.2) is 5.76 Å². The summed E-state index contributed by atoms with van der Waals surface area (Å²) in [5.74, 6) is 1.18. The number of nitrogens with one attached hydrogen (secondary N) is 1. The summed E-state index contributed by atoms with van der Waals surface area (Å²) in [4.78, 5) is 21.0. The number of aromatic nitrogens is 2. The summed E-state index contributed by atoms with van der Waals surface area (Å²) in [6.45, 7) is 0. The van der Waals surface area contributed by atoms with Crippen molar-refractivity contribution in [3.63, 3.8) is 0 Å². The molecule has 1 amide bonds. The lowest BCUT2D eigenvalue weighted by Gasteiger charge is -2.02. The first kappa shape index (κ1) is 19.4. The molecule has 4 aromatic rings. The molecular weight excluding hydrogens is 450 g/mol. The Kier molecular flexibility index (Phi) is 6.07. The van der Waals surface area contributed by atoms with Gasteiger partial charge in [0.25, 0.3) is 5.22 Å². The van der Waals surface area contributed by atoms with Gasteiger partial charge >= 0.3 is 0 Å². The summed E-state index contributed by atoms with van der Waals surface area (Å²) in [5, 5.41) is 3.21. The quantitative estimate of drug-likeness (QED) is 0.359. The molecule has 0 atom stereocenters. The van der Waals surface area contributed by atoms with Crippen molar-refractivity contribution in [1.29, 1.82) is 0 Å². The van der Waals surface area contributed by atoms with Crippen LogP contribution in [-0.4, -0.2) is 21.6 Å². The van der Waals surface area contributed by atoms with E-state index in [4.69, 9.17) is 4.42 Å². The Morgan fingerprint density at radius 3 is 2.31 bits per heavy atom. The summed E-state index contributed by atoms with van der Waals surface area (Å²) in [7, 11) is 0. The summed E-state index contributed by atoms with van der Waals surface area (Å²) >= 11 is 4.57. The number of halogens is 1. The molecule has 144 valence electrons. The van der Waals surface area contributed by atoms with Gasteiger partial charge in [0.1, 0.15) is 11.5 Å². The monoisotopic (exact) mass is 465 g/mol. The first-order valence-corrected chi connectivity index (χ1v) is 10.6. The fraction of sp³-hybridized carbons (Fsp3) is 0.0455. The van der Waals surface area contributed by atoms with Crippen LogP contribution in [0, 0.1) is 0 Å². The number of carbonyl (C=O) groups is 1. The third-order valence-corrected chi connectivity index (χ3v) is 5.31. The number of anilines is 1. The Balaban J connectivity index is 1.53. The first-order valence-electron chi connectivity index (χ1n) is 8.85. The molecule has 0 aliphatic heterocycles. The topological polar surface area (TPSA) is 68.0 Å². The van der Waals surface area contributed by atoms with E-state index in [-0.39, 0.29) is 11.7 Å². The lowest BCUT2D eigenvalue weighted by atomic mass is 10.1. The van der Waals surface area contributed by atoms with Gasteiger partial charge in [-0.2, -0.15) is 0 Å². The maximum absolute atomic E-state index is 12.2. The molecule has 0 saturated heterocycles. The lowest BCUT2D eigenvalue weighted by molar-refractivity contribution is -0.113. The number of amides is 1. The van der Waals surface area contributed by atoms with Gasteiger partial charge in [0.05, 0.1) is 5.75 Å². The van der Waals surface area contributed by atoms with E-state index in [9.17, 15) is 4.79 Å². The second kappa shape index (κ2) is 9.07. The molecule has 0 aliphatic rings. The SMILES string of the molecule is O=C(CSc1nc(-c2ccccc2)c(-c2ccccc2)o1)Nc1ccc(Br)cn1. The predicted octanol–water partition coefficient (Wildman–Crippen LogP) is 5.90. The molecule has 2 aromatic carbocycles. The zero-order chi connectivity index (χ0) is 20.1. The second-order valence-corrected chi connectivity index (χ2v) is 7.93. The molecule has 2 heterocycles. The van der Waals surface area contributed by atoms with Gasteiger partial charge in [-0.1, -0.05) is 72.4 Å².